The maximum absolute atomic E-state index is 12.9. The van der Waals surface area contributed by atoms with E-state index in [1.54, 1.807) is 0 Å². The maximum atomic E-state index is 12.9. The SMILES string of the molecule is Cc1ccc(-n2c(-c3ccccc3)cs/c2=N\NC(=O)c2sc3ccccc3c2Cl)cc1. The van der Waals surface area contributed by atoms with Crippen LogP contribution in [-0.4, -0.2) is 10.5 Å². The minimum absolute atomic E-state index is 0.318. The summed E-state index contributed by atoms with van der Waals surface area (Å²) >= 11 is 9.30. The third-order valence-corrected chi connectivity index (χ3v) is 7.56. The maximum Gasteiger partial charge on any atom is 0.283 e. The molecule has 0 aliphatic rings. The molecule has 1 N–H and O–H groups in total. The van der Waals surface area contributed by atoms with Crippen molar-refractivity contribution < 1.29 is 4.79 Å². The van der Waals surface area contributed by atoms with Gasteiger partial charge in [0, 0.05) is 21.2 Å². The molecule has 0 bridgehead atoms. The summed E-state index contributed by atoms with van der Waals surface area (Å²) in [6.45, 7) is 2.06. The first-order valence-corrected chi connectivity index (χ1v) is 12.0. The fourth-order valence-electron chi connectivity index (χ4n) is 3.45. The summed E-state index contributed by atoms with van der Waals surface area (Å²) in [7, 11) is 0. The summed E-state index contributed by atoms with van der Waals surface area (Å²) < 4.78 is 3.02. The van der Waals surface area contributed by atoms with Crippen molar-refractivity contribution in [3.05, 3.63) is 105 Å². The van der Waals surface area contributed by atoms with Crippen molar-refractivity contribution in [2.75, 3.05) is 0 Å². The zero-order valence-corrected chi connectivity index (χ0v) is 19.5. The van der Waals surface area contributed by atoms with Gasteiger partial charge in [0.15, 0.2) is 0 Å². The van der Waals surface area contributed by atoms with Gasteiger partial charge in [-0.3, -0.25) is 9.36 Å². The molecule has 0 spiro atoms. The van der Waals surface area contributed by atoms with Gasteiger partial charge in [-0.25, -0.2) is 5.43 Å². The molecule has 5 rings (SSSR count). The Kier molecular flexibility index (Phi) is 5.66. The average Bonchev–Trinajstić information content (AvgIpc) is 3.40. The third-order valence-electron chi connectivity index (χ3n) is 5.06. The molecular weight excluding hydrogens is 458 g/mol. The Morgan fingerprint density at radius 2 is 1.69 bits per heavy atom. The number of thiazole rings is 1. The Labute approximate surface area is 198 Å². The van der Waals surface area contributed by atoms with Crippen molar-refractivity contribution in [3.8, 4) is 16.9 Å². The molecule has 0 fully saturated rings. The Morgan fingerprint density at radius 1 is 0.969 bits per heavy atom. The lowest BCUT2D eigenvalue weighted by Crippen LogP contribution is -2.23. The van der Waals surface area contributed by atoms with E-state index < -0.39 is 0 Å². The number of rotatable bonds is 4. The van der Waals surface area contributed by atoms with E-state index in [-0.39, 0.29) is 5.91 Å². The summed E-state index contributed by atoms with van der Waals surface area (Å²) in [6, 6.07) is 26.1. The van der Waals surface area contributed by atoms with Crippen LogP contribution < -0.4 is 10.2 Å². The molecule has 2 heterocycles. The van der Waals surface area contributed by atoms with Crippen molar-refractivity contribution in [2.45, 2.75) is 6.92 Å². The molecule has 7 heteroatoms. The lowest BCUT2D eigenvalue weighted by molar-refractivity contribution is 0.0957. The topological polar surface area (TPSA) is 46.4 Å². The van der Waals surface area contributed by atoms with Gasteiger partial charge in [0.2, 0.25) is 4.80 Å². The first-order valence-electron chi connectivity index (χ1n) is 9.96. The normalized spacial score (nSPS) is 11.8. The van der Waals surface area contributed by atoms with Crippen molar-refractivity contribution >= 4 is 50.3 Å². The number of aryl methyl sites for hydroxylation is 1. The van der Waals surface area contributed by atoms with Crippen LogP contribution in [0.15, 0.2) is 89.3 Å². The lowest BCUT2D eigenvalue weighted by Gasteiger charge is -2.09. The van der Waals surface area contributed by atoms with Crippen molar-refractivity contribution in [3.63, 3.8) is 0 Å². The molecule has 0 atom stereocenters. The van der Waals surface area contributed by atoms with Gasteiger partial charge in [-0.15, -0.1) is 27.8 Å². The van der Waals surface area contributed by atoms with Crippen LogP contribution in [0.3, 0.4) is 0 Å². The van der Waals surface area contributed by atoms with Gasteiger partial charge >= 0.3 is 0 Å². The van der Waals surface area contributed by atoms with E-state index in [0.29, 0.717) is 14.7 Å². The molecule has 0 saturated carbocycles. The van der Waals surface area contributed by atoms with Crippen molar-refractivity contribution in [1.82, 2.24) is 9.99 Å². The Balaban J connectivity index is 1.56. The van der Waals surface area contributed by atoms with Gasteiger partial charge < -0.3 is 0 Å². The standard InChI is InChI=1S/C25H18ClN3OS2/c1-16-11-13-18(14-12-16)29-20(17-7-3-2-4-8-17)15-31-25(29)28-27-24(30)23-22(26)19-9-5-6-10-21(19)32-23/h2-15H,1H3,(H,27,30)/b28-25-. The second-order valence-corrected chi connectivity index (χ2v) is 9.50. The van der Waals surface area contributed by atoms with E-state index in [4.69, 9.17) is 11.6 Å². The highest BCUT2D eigenvalue weighted by Crippen LogP contribution is 2.35. The number of hydrogen-bond acceptors (Lipinski definition) is 4. The number of nitrogens with one attached hydrogen (secondary N) is 1. The number of hydrogen-bond donors (Lipinski definition) is 1. The fraction of sp³-hybridized carbons (Fsp3) is 0.0400. The van der Waals surface area contributed by atoms with E-state index >= 15 is 0 Å². The molecule has 0 radical (unpaired) electrons. The predicted molar refractivity (Wildman–Crippen MR) is 134 cm³/mol. The molecule has 3 aromatic carbocycles. The van der Waals surface area contributed by atoms with Crippen LogP contribution in [0, 0.1) is 6.92 Å². The Hall–Kier alpha value is -3.19. The summed E-state index contributed by atoms with van der Waals surface area (Å²) in [5, 5.41) is 7.85. The number of nitrogens with zero attached hydrogens (tertiary/aromatic N) is 2. The molecule has 5 aromatic rings. The predicted octanol–water partition coefficient (Wildman–Crippen LogP) is 6.63. The highest BCUT2D eigenvalue weighted by Gasteiger charge is 2.17. The largest absolute Gasteiger partial charge is 0.284 e. The molecule has 4 nitrogen and oxygen atoms in total. The quantitative estimate of drug-likeness (QED) is 0.291. The Morgan fingerprint density at radius 3 is 2.44 bits per heavy atom. The third kappa shape index (κ3) is 3.88. The van der Waals surface area contributed by atoms with Crippen LogP contribution in [-0.2, 0) is 0 Å². The van der Waals surface area contributed by atoms with Gasteiger partial charge in [0.05, 0.1) is 10.7 Å². The van der Waals surface area contributed by atoms with Crippen molar-refractivity contribution in [1.29, 1.82) is 0 Å². The van der Waals surface area contributed by atoms with Gasteiger partial charge in [0.1, 0.15) is 4.88 Å². The molecule has 1 amide bonds. The fourth-order valence-corrected chi connectivity index (χ4v) is 5.73. The van der Waals surface area contributed by atoms with Gasteiger partial charge in [-0.05, 0) is 30.7 Å². The van der Waals surface area contributed by atoms with Crippen LogP contribution in [0.4, 0.5) is 0 Å². The van der Waals surface area contributed by atoms with Crippen LogP contribution in [0.2, 0.25) is 5.02 Å². The summed E-state index contributed by atoms with van der Waals surface area (Å²) in [4.78, 5) is 14.0. The second kappa shape index (κ2) is 8.74. The van der Waals surface area contributed by atoms with Crippen LogP contribution in [0.1, 0.15) is 15.2 Å². The zero-order chi connectivity index (χ0) is 22.1. The molecule has 0 aliphatic carbocycles. The van der Waals surface area contributed by atoms with Crippen molar-refractivity contribution in [2.24, 2.45) is 5.10 Å². The van der Waals surface area contributed by atoms with Crippen LogP contribution >= 0.6 is 34.3 Å². The first-order chi connectivity index (χ1) is 15.6. The minimum atomic E-state index is -0.318. The zero-order valence-electron chi connectivity index (χ0n) is 17.1. The molecule has 158 valence electrons. The number of benzene rings is 3. The van der Waals surface area contributed by atoms with E-state index in [1.807, 2.05) is 52.4 Å². The molecule has 2 aromatic heterocycles. The minimum Gasteiger partial charge on any atom is -0.284 e. The molecule has 0 saturated heterocycles. The second-order valence-electron chi connectivity index (χ2n) is 7.23. The molecule has 0 aliphatic heterocycles. The van der Waals surface area contributed by atoms with E-state index in [0.717, 1.165) is 27.0 Å². The van der Waals surface area contributed by atoms with E-state index in [1.165, 1.54) is 28.2 Å². The summed E-state index contributed by atoms with van der Waals surface area (Å²) in [6.07, 6.45) is 0. The van der Waals surface area contributed by atoms with E-state index in [9.17, 15) is 4.79 Å². The van der Waals surface area contributed by atoms with Crippen LogP contribution in [0.5, 0.6) is 0 Å². The van der Waals surface area contributed by atoms with Gasteiger partial charge in [0.25, 0.3) is 5.91 Å². The summed E-state index contributed by atoms with van der Waals surface area (Å²) in [5.74, 6) is -0.318. The lowest BCUT2D eigenvalue weighted by atomic mass is 10.1. The number of carbonyl (C=O) groups excluding carboxylic acids is 1. The number of aromatic nitrogens is 1. The number of thiophene rings is 1. The monoisotopic (exact) mass is 475 g/mol. The summed E-state index contributed by atoms with van der Waals surface area (Å²) in [5.41, 5.74) is 6.94. The van der Waals surface area contributed by atoms with Gasteiger partial charge in [-0.2, -0.15) is 0 Å². The van der Waals surface area contributed by atoms with Gasteiger partial charge in [-0.1, -0.05) is 77.8 Å². The molecule has 0 unspecified atom stereocenters. The molecular formula is C25H18ClN3OS2. The average molecular weight is 476 g/mol. The number of carbonyl (C=O) groups is 1. The molecule has 32 heavy (non-hydrogen) atoms. The number of amides is 1. The number of halogens is 1. The Bertz CT molecular complexity index is 1480. The van der Waals surface area contributed by atoms with Crippen LogP contribution in [0.25, 0.3) is 27.0 Å². The highest BCUT2D eigenvalue weighted by molar-refractivity contribution is 7.21. The smallest absolute Gasteiger partial charge is 0.283 e. The highest BCUT2D eigenvalue weighted by atomic mass is 35.5. The number of fused-ring (bicyclic) bond motifs is 1. The van der Waals surface area contributed by atoms with E-state index in [2.05, 4.69) is 53.8 Å². The first kappa shape index (κ1) is 20.7.